The SMILES string of the molecule is CCC1CCC(c2noc(C(N)CO)n2)C1. The summed E-state index contributed by atoms with van der Waals surface area (Å²) in [5.41, 5.74) is 5.61. The van der Waals surface area contributed by atoms with Crippen LogP contribution in [0.3, 0.4) is 0 Å². The predicted molar refractivity (Wildman–Crippen MR) is 58.7 cm³/mol. The summed E-state index contributed by atoms with van der Waals surface area (Å²) in [6.07, 6.45) is 4.74. The number of hydrogen-bond donors (Lipinski definition) is 2. The van der Waals surface area contributed by atoms with Gasteiger partial charge in [0.2, 0.25) is 5.89 Å². The normalized spacial score (nSPS) is 27.2. The van der Waals surface area contributed by atoms with Gasteiger partial charge in [-0.2, -0.15) is 4.98 Å². The number of aliphatic hydroxyl groups is 1. The standard InChI is InChI=1S/C11H19N3O2/c1-2-7-3-4-8(5-7)10-13-11(16-14-10)9(12)6-15/h7-9,15H,2-6,12H2,1H3. The molecule has 5 nitrogen and oxygen atoms in total. The molecule has 90 valence electrons. The van der Waals surface area contributed by atoms with Gasteiger partial charge >= 0.3 is 0 Å². The molecule has 1 heterocycles. The molecule has 16 heavy (non-hydrogen) atoms. The molecule has 0 bridgehead atoms. The highest BCUT2D eigenvalue weighted by Gasteiger charge is 2.28. The van der Waals surface area contributed by atoms with Crippen molar-refractivity contribution < 1.29 is 9.63 Å². The van der Waals surface area contributed by atoms with Crippen LogP contribution in [0.15, 0.2) is 4.52 Å². The summed E-state index contributed by atoms with van der Waals surface area (Å²) in [7, 11) is 0. The summed E-state index contributed by atoms with van der Waals surface area (Å²) in [6, 6.07) is -0.551. The van der Waals surface area contributed by atoms with Crippen LogP contribution in [0, 0.1) is 5.92 Å². The van der Waals surface area contributed by atoms with E-state index in [-0.39, 0.29) is 6.61 Å². The van der Waals surface area contributed by atoms with Gasteiger partial charge in [-0.1, -0.05) is 18.5 Å². The van der Waals surface area contributed by atoms with Crippen molar-refractivity contribution in [2.75, 3.05) is 6.61 Å². The van der Waals surface area contributed by atoms with Gasteiger partial charge in [-0.3, -0.25) is 0 Å². The fourth-order valence-corrected chi connectivity index (χ4v) is 2.32. The van der Waals surface area contributed by atoms with Crippen LogP contribution in [0.4, 0.5) is 0 Å². The first-order chi connectivity index (χ1) is 7.74. The summed E-state index contributed by atoms with van der Waals surface area (Å²) >= 11 is 0. The van der Waals surface area contributed by atoms with E-state index < -0.39 is 6.04 Å². The second kappa shape index (κ2) is 4.93. The Labute approximate surface area is 95.0 Å². The van der Waals surface area contributed by atoms with E-state index >= 15 is 0 Å². The first-order valence-corrected chi connectivity index (χ1v) is 5.94. The average Bonchev–Trinajstić information content (AvgIpc) is 2.95. The lowest BCUT2D eigenvalue weighted by Crippen LogP contribution is -2.14. The van der Waals surface area contributed by atoms with E-state index in [0.29, 0.717) is 11.8 Å². The zero-order chi connectivity index (χ0) is 11.5. The quantitative estimate of drug-likeness (QED) is 0.808. The van der Waals surface area contributed by atoms with Crippen molar-refractivity contribution in [2.45, 2.75) is 44.6 Å². The van der Waals surface area contributed by atoms with Gasteiger partial charge in [-0.25, -0.2) is 0 Å². The molecule has 3 unspecified atom stereocenters. The molecule has 3 atom stereocenters. The Morgan fingerprint density at radius 2 is 2.38 bits per heavy atom. The molecule has 0 aliphatic heterocycles. The molecule has 0 saturated heterocycles. The van der Waals surface area contributed by atoms with Crippen LogP contribution in [-0.2, 0) is 0 Å². The molecule has 1 saturated carbocycles. The van der Waals surface area contributed by atoms with Crippen molar-refractivity contribution >= 4 is 0 Å². The highest BCUT2D eigenvalue weighted by molar-refractivity contribution is 5.01. The molecule has 1 aromatic rings. The van der Waals surface area contributed by atoms with E-state index in [0.717, 1.165) is 24.6 Å². The Bertz CT molecular complexity index is 340. The summed E-state index contributed by atoms with van der Waals surface area (Å²) < 4.78 is 5.05. The minimum atomic E-state index is -0.551. The first-order valence-electron chi connectivity index (χ1n) is 5.94. The van der Waals surface area contributed by atoms with E-state index in [1.54, 1.807) is 0 Å². The van der Waals surface area contributed by atoms with Crippen LogP contribution >= 0.6 is 0 Å². The summed E-state index contributed by atoms with van der Waals surface area (Å²) in [5, 5.41) is 12.8. The maximum Gasteiger partial charge on any atom is 0.245 e. The van der Waals surface area contributed by atoms with Gasteiger partial charge in [-0.15, -0.1) is 0 Å². The van der Waals surface area contributed by atoms with Crippen molar-refractivity contribution in [1.29, 1.82) is 0 Å². The van der Waals surface area contributed by atoms with Crippen LogP contribution < -0.4 is 5.73 Å². The van der Waals surface area contributed by atoms with E-state index in [9.17, 15) is 0 Å². The molecular weight excluding hydrogens is 206 g/mol. The molecule has 0 radical (unpaired) electrons. The maximum absolute atomic E-state index is 8.89. The van der Waals surface area contributed by atoms with Crippen molar-refractivity contribution in [1.82, 2.24) is 10.1 Å². The number of rotatable bonds is 4. The Kier molecular flexibility index (Phi) is 3.56. The van der Waals surface area contributed by atoms with Gasteiger partial charge in [0.05, 0.1) is 6.61 Å². The zero-order valence-corrected chi connectivity index (χ0v) is 9.59. The average molecular weight is 225 g/mol. The molecule has 0 amide bonds. The van der Waals surface area contributed by atoms with Crippen LogP contribution in [0.25, 0.3) is 0 Å². The smallest absolute Gasteiger partial charge is 0.245 e. The van der Waals surface area contributed by atoms with Gasteiger partial charge in [0.25, 0.3) is 0 Å². The monoisotopic (exact) mass is 225 g/mol. The molecule has 0 spiro atoms. The lowest BCUT2D eigenvalue weighted by Gasteiger charge is -2.04. The first kappa shape index (κ1) is 11.5. The second-order valence-corrected chi connectivity index (χ2v) is 4.56. The van der Waals surface area contributed by atoms with Gasteiger partial charge in [0.1, 0.15) is 6.04 Å². The lowest BCUT2D eigenvalue weighted by molar-refractivity contribution is 0.236. The Hall–Kier alpha value is -0.940. The molecule has 0 aromatic carbocycles. The fourth-order valence-electron chi connectivity index (χ4n) is 2.32. The zero-order valence-electron chi connectivity index (χ0n) is 9.59. The van der Waals surface area contributed by atoms with Crippen LogP contribution in [0.1, 0.15) is 56.3 Å². The van der Waals surface area contributed by atoms with E-state index in [1.165, 1.54) is 12.8 Å². The van der Waals surface area contributed by atoms with Crippen molar-refractivity contribution in [3.8, 4) is 0 Å². The van der Waals surface area contributed by atoms with Crippen molar-refractivity contribution in [2.24, 2.45) is 11.7 Å². The predicted octanol–water partition coefficient (Wildman–Crippen LogP) is 1.36. The number of aromatic nitrogens is 2. The van der Waals surface area contributed by atoms with E-state index in [1.807, 2.05) is 0 Å². The number of nitrogens with two attached hydrogens (primary N) is 1. The lowest BCUT2D eigenvalue weighted by atomic mass is 10.0. The highest BCUT2D eigenvalue weighted by atomic mass is 16.5. The Morgan fingerprint density at radius 3 is 3.00 bits per heavy atom. The van der Waals surface area contributed by atoms with Gasteiger partial charge < -0.3 is 15.4 Å². The molecule has 5 heteroatoms. The topological polar surface area (TPSA) is 85.2 Å². The van der Waals surface area contributed by atoms with Crippen molar-refractivity contribution in [3.05, 3.63) is 11.7 Å². The third-order valence-corrected chi connectivity index (χ3v) is 3.46. The van der Waals surface area contributed by atoms with Gasteiger partial charge in [0.15, 0.2) is 5.82 Å². The molecule has 1 aliphatic carbocycles. The Balaban J connectivity index is 2.02. The molecule has 3 N–H and O–H groups in total. The van der Waals surface area contributed by atoms with Crippen LogP contribution in [-0.4, -0.2) is 21.9 Å². The Morgan fingerprint density at radius 1 is 1.56 bits per heavy atom. The third-order valence-electron chi connectivity index (χ3n) is 3.46. The molecule has 2 rings (SSSR count). The second-order valence-electron chi connectivity index (χ2n) is 4.56. The number of aliphatic hydroxyl groups excluding tert-OH is 1. The minimum Gasteiger partial charge on any atom is -0.394 e. The third kappa shape index (κ3) is 2.25. The van der Waals surface area contributed by atoms with Gasteiger partial charge in [-0.05, 0) is 25.2 Å². The largest absolute Gasteiger partial charge is 0.394 e. The van der Waals surface area contributed by atoms with Crippen LogP contribution in [0.5, 0.6) is 0 Å². The summed E-state index contributed by atoms with van der Waals surface area (Å²) in [6.45, 7) is 2.06. The molecule has 1 fully saturated rings. The summed E-state index contributed by atoms with van der Waals surface area (Å²) in [5.74, 6) is 2.30. The van der Waals surface area contributed by atoms with E-state index in [2.05, 4.69) is 17.1 Å². The highest BCUT2D eigenvalue weighted by Crippen LogP contribution is 2.38. The fraction of sp³-hybridized carbons (Fsp3) is 0.818. The van der Waals surface area contributed by atoms with Gasteiger partial charge in [0, 0.05) is 5.92 Å². The summed E-state index contributed by atoms with van der Waals surface area (Å²) in [4.78, 5) is 4.27. The maximum atomic E-state index is 8.89. The number of nitrogens with zero attached hydrogens (tertiary/aromatic N) is 2. The molecule has 1 aliphatic rings. The minimum absolute atomic E-state index is 0.163. The molecular formula is C11H19N3O2. The molecule has 1 aromatic heterocycles. The van der Waals surface area contributed by atoms with Crippen LogP contribution in [0.2, 0.25) is 0 Å². The van der Waals surface area contributed by atoms with Crippen molar-refractivity contribution in [3.63, 3.8) is 0 Å². The number of hydrogen-bond acceptors (Lipinski definition) is 5. The van der Waals surface area contributed by atoms with E-state index in [4.69, 9.17) is 15.4 Å².